The van der Waals surface area contributed by atoms with E-state index in [2.05, 4.69) is 26.2 Å². The summed E-state index contributed by atoms with van der Waals surface area (Å²) in [6, 6.07) is 0.521. The zero-order valence-electron chi connectivity index (χ0n) is 11.5. The monoisotopic (exact) mass is 227 g/mol. The molecule has 1 aliphatic rings. The Labute approximate surface area is 101 Å². The number of hydrogen-bond acceptors (Lipinski definition) is 2. The van der Waals surface area contributed by atoms with Crippen molar-refractivity contribution in [1.29, 1.82) is 0 Å². The first-order valence-electron chi connectivity index (χ1n) is 6.89. The van der Waals surface area contributed by atoms with E-state index in [1.54, 1.807) is 0 Å². The summed E-state index contributed by atoms with van der Waals surface area (Å²) in [5.74, 6) is 1.51. The number of ether oxygens (including phenoxy) is 1. The van der Waals surface area contributed by atoms with Crippen LogP contribution >= 0.6 is 0 Å². The highest BCUT2D eigenvalue weighted by Gasteiger charge is 2.26. The molecule has 0 heterocycles. The summed E-state index contributed by atoms with van der Waals surface area (Å²) in [5.41, 5.74) is 0. The summed E-state index contributed by atoms with van der Waals surface area (Å²) in [7, 11) is 3.91. The van der Waals surface area contributed by atoms with E-state index in [1.807, 2.05) is 7.11 Å². The lowest BCUT2D eigenvalue weighted by atomic mass is 9.82. The molecule has 0 aliphatic heterocycles. The number of nitrogens with one attached hydrogen (secondary N) is 1. The minimum atomic E-state index is 0.354. The van der Waals surface area contributed by atoms with Crippen LogP contribution in [0.25, 0.3) is 0 Å². The molecule has 2 nitrogen and oxygen atoms in total. The average molecular weight is 227 g/mol. The summed E-state index contributed by atoms with van der Waals surface area (Å²) < 4.78 is 5.64. The third kappa shape index (κ3) is 4.06. The highest BCUT2D eigenvalue weighted by molar-refractivity contribution is 4.82. The van der Waals surface area contributed by atoms with E-state index in [-0.39, 0.29) is 0 Å². The summed E-state index contributed by atoms with van der Waals surface area (Å²) in [4.78, 5) is 0. The van der Waals surface area contributed by atoms with Gasteiger partial charge >= 0.3 is 0 Å². The van der Waals surface area contributed by atoms with Crippen molar-refractivity contribution in [1.82, 2.24) is 5.32 Å². The molecule has 2 heteroatoms. The maximum Gasteiger partial charge on any atom is 0.0747 e. The van der Waals surface area contributed by atoms with Crippen LogP contribution in [-0.2, 0) is 4.74 Å². The topological polar surface area (TPSA) is 21.3 Å². The van der Waals surface area contributed by atoms with Crippen LogP contribution in [0.2, 0.25) is 0 Å². The average Bonchev–Trinajstić information content (AvgIpc) is 2.29. The number of hydrogen-bond donors (Lipinski definition) is 1. The van der Waals surface area contributed by atoms with Crippen LogP contribution in [-0.4, -0.2) is 26.3 Å². The molecule has 1 N–H and O–H groups in total. The van der Waals surface area contributed by atoms with Gasteiger partial charge in [0.05, 0.1) is 6.10 Å². The van der Waals surface area contributed by atoms with Crippen molar-refractivity contribution < 1.29 is 4.74 Å². The summed E-state index contributed by atoms with van der Waals surface area (Å²) in [6.45, 7) is 4.50. The fourth-order valence-electron chi connectivity index (χ4n) is 3.10. The summed E-state index contributed by atoms with van der Waals surface area (Å²) >= 11 is 0. The molecule has 0 spiro atoms. The van der Waals surface area contributed by atoms with E-state index >= 15 is 0 Å². The molecular weight excluding hydrogens is 198 g/mol. The lowest BCUT2D eigenvalue weighted by molar-refractivity contribution is 0.0262. The quantitative estimate of drug-likeness (QED) is 0.752. The smallest absolute Gasteiger partial charge is 0.0747 e. The Balaban J connectivity index is 2.45. The van der Waals surface area contributed by atoms with E-state index in [9.17, 15) is 0 Å². The Morgan fingerprint density at radius 3 is 2.25 bits per heavy atom. The van der Waals surface area contributed by atoms with Gasteiger partial charge in [-0.25, -0.2) is 0 Å². The van der Waals surface area contributed by atoms with E-state index < -0.39 is 0 Å². The predicted octanol–water partition coefficient (Wildman–Crippen LogP) is 3.22. The molecule has 96 valence electrons. The molecule has 0 radical (unpaired) electrons. The van der Waals surface area contributed by atoms with E-state index in [4.69, 9.17) is 4.74 Å². The second kappa shape index (κ2) is 7.29. The van der Waals surface area contributed by atoms with Gasteiger partial charge in [0.15, 0.2) is 0 Å². The van der Waals surface area contributed by atoms with Gasteiger partial charge < -0.3 is 10.1 Å². The fourth-order valence-corrected chi connectivity index (χ4v) is 3.10. The molecule has 1 saturated carbocycles. The molecule has 1 fully saturated rings. The van der Waals surface area contributed by atoms with Crippen LogP contribution in [0, 0.1) is 11.8 Å². The van der Waals surface area contributed by atoms with Crippen LogP contribution < -0.4 is 5.32 Å². The van der Waals surface area contributed by atoms with Gasteiger partial charge in [0.25, 0.3) is 0 Å². The van der Waals surface area contributed by atoms with Crippen LogP contribution in [0.1, 0.15) is 52.4 Å². The molecule has 0 saturated heterocycles. The van der Waals surface area contributed by atoms with Crippen LogP contribution in [0.15, 0.2) is 0 Å². The van der Waals surface area contributed by atoms with Gasteiger partial charge in [0, 0.05) is 13.2 Å². The maximum absolute atomic E-state index is 5.64. The number of likely N-dealkylation sites (N-methyl/N-ethyl adjacent to an activating group) is 1. The molecule has 2 atom stereocenters. The second-order valence-electron chi connectivity index (χ2n) is 5.58. The molecule has 16 heavy (non-hydrogen) atoms. The van der Waals surface area contributed by atoms with Gasteiger partial charge in [-0.1, -0.05) is 46.0 Å². The van der Waals surface area contributed by atoms with Crippen molar-refractivity contribution in [3.63, 3.8) is 0 Å². The molecule has 0 bridgehead atoms. The standard InChI is InChI=1S/C14H29NO/c1-11(2)14(16-4)13(15-3)10-12-8-6-5-7-9-12/h11-15H,5-10H2,1-4H3. The Bertz CT molecular complexity index is 176. The first-order chi connectivity index (χ1) is 7.69. The van der Waals surface area contributed by atoms with Gasteiger partial charge in [-0.2, -0.15) is 0 Å². The molecule has 1 aliphatic carbocycles. The largest absolute Gasteiger partial charge is 0.380 e. The van der Waals surface area contributed by atoms with Crippen molar-refractivity contribution in [2.45, 2.75) is 64.5 Å². The second-order valence-corrected chi connectivity index (χ2v) is 5.58. The van der Waals surface area contributed by atoms with E-state index in [1.165, 1.54) is 38.5 Å². The molecule has 0 aromatic heterocycles. The van der Waals surface area contributed by atoms with Gasteiger partial charge in [0.2, 0.25) is 0 Å². The summed E-state index contributed by atoms with van der Waals surface area (Å²) in [6.07, 6.45) is 8.79. The van der Waals surface area contributed by atoms with Gasteiger partial charge in [-0.15, -0.1) is 0 Å². The van der Waals surface area contributed by atoms with Crippen molar-refractivity contribution in [2.24, 2.45) is 11.8 Å². The first kappa shape index (κ1) is 14.0. The third-order valence-electron chi connectivity index (χ3n) is 4.01. The Hall–Kier alpha value is -0.0800. The fraction of sp³-hybridized carbons (Fsp3) is 1.00. The molecule has 0 amide bonds. The third-order valence-corrected chi connectivity index (χ3v) is 4.01. The molecule has 1 rings (SSSR count). The molecular formula is C14H29NO. The minimum Gasteiger partial charge on any atom is -0.380 e. The first-order valence-corrected chi connectivity index (χ1v) is 6.89. The normalized spacial score (nSPS) is 22.3. The number of methoxy groups -OCH3 is 1. The Morgan fingerprint density at radius 2 is 1.81 bits per heavy atom. The maximum atomic E-state index is 5.64. The molecule has 2 unspecified atom stereocenters. The highest BCUT2D eigenvalue weighted by Crippen LogP contribution is 2.29. The van der Waals surface area contributed by atoms with Crippen molar-refractivity contribution in [3.8, 4) is 0 Å². The zero-order chi connectivity index (χ0) is 12.0. The van der Waals surface area contributed by atoms with Crippen LogP contribution in [0.5, 0.6) is 0 Å². The lowest BCUT2D eigenvalue weighted by Crippen LogP contribution is -2.43. The van der Waals surface area contributed by atoms with E-state index in [0.29, 0.717) is 18.1 Å². The van der Waals surface area contributed by atoms with Crippen molar-refractivity contribution >= 4 is 0 Å². The van der Waals surface area contributed by atoms with Crippen molar-refractivity contribution in [3.05, 3.63) is 0 Å². The zero-order valence-corrected chi connectivity index (χ0v) is 11.5. The number of rotatable bonds is 6. The Kier molecular flexibility index (Phi) is 6.37. The molecule has 0 aromatic rings. The molecule has 0 aromatic carbocycles. The Morgan fingerprint density at radius 1 is 1.19 bits per heavy atom. The van der Waals surface area contributed by atoms with Crippen LogP contribution in [0.3, 0.4) is 0 Å². The minimum absolute atomic E-state index is 0.354. The predicted molar refractivity (Wildman–Crippen MR) is 69.7 cm³/mol. The SMILES string of the molecule is CNC(CC1CCCCC1)C(OC)C(C)C. The highest BCUT2D eigenvalue weighted by atomic mass is 16.5. The van der Waals surface area contributed by atoms with E-state index in [0.717, 1.165) is 5.92 Å². The van der Waals surface area contributed by atoms with Gasteiger partial charge in [0.1, 0.15) is 0 Å². The van der Waals surface area contributed by atoms with Gasteiger partial charge in [-0.3, -0.25) is 0 Å². The van der Waals surface area contributed by atoms with Crippen LogP contribution in [0.4, 0.5) is 0 Å². The lowest BCUT2D eigenvalue weighted by Gasteiger charge is -2.33. The van der Waals surface area contributed by atoms with Gasteiger partial charge in [-0.05, 0) is 25.3 Å². The summed E-state index contributed by atoms with van der Waals surface area (Å²) in [5, 5.41) is 3.46. The van der Waals surface area contributed by atoms with Crippen molar-refractivity contribution in [2.75, 3.05) is 14.2 Å².